The molecule has 0 fully saturated rings. The molecule has 1 aromatic carbocycles. The summed E-state index contributed by atoms with van der Waals surface area (Å²) in [4.78, 5) is 23.6. The summed E-state index contributed by atoms with van der Waals surface area (Å²) in [7, 11) is -3.79. The maximum Gasteiger partial charge on any atom is 0.306 e. The van der Waals surface area contributed by atoms with Crippen LogP contribution in [0.25, 0.3) is 0 Å². The number of anilines is 1. The molecule has 0 saturated carbocycles. The highest BCUT2D eigenvalue weighted by Gasteiger charge is 2.18. The Kier molecular flexibility index (Phi) is 6.98. The minimum atomic E-state index is -3.79. The number of sulfonamides is 1. The lowest BCUT2D eigenvalue weighted by molar-refractivity contribution is -0.149. The summed E-state index contributed by atoms with van der Waals surface area (Å²) < 4.78 is 37.2. The molecule has 1 heterocycles. The first-order valence-corrected chi connectivity index (χ1v) is 10.1. The fraction of sp³-hybridized carbons (Fsp3) is 0.368. The summed E-state index contributed by atoms with van der Waals surface area (Å²) in [5.41, 5.74) is 0.0385. The molecular weight excluding hydrogens is 384 g/mol. The zero-order valence-corrected chi connectivity index (χ0v) is 16.8. The van der Waals surface area contributed by atoms with Crippen LogP contribution >= 0.6 is 0 Å². The van der Waals surface area contributed by atoms with Gasteiger partial charge in [-0.15, -0.1) is 0 Å². The molecular formula is C19H24N2O6S. The normalized spacial score (nSPS) is 11.8. The van der Waals surface area contributed by atoms with E-state index in [9.17, 15) is 18.0 Å². The highest BCUT2D eigenvalue weighted by atomic mass is 32.2. The zero-order valence-electron chi connectivity index (χ0n) is 16.0. The van der Waals surface area contributed by atoms with Crippen molar-refractivity contribution in [1.82, 2.24) is 4.72 Å². The molecule has 2 rings (SSSR count). The molecule has 0 radical (unpaired) electrons. The van der Waals surface area contributed by atoms with Crippen LogP contribution in [-0.2, 0) is 30.9 Å². The number of carbonyl (C=O) groups excluding carboxylic acids is 2. The number of nitrogens with one attached hydrogen (secondary N) is 2. The van der Waals surface area contributed by atoms with Crippen molar-refractivity contribution in [2.45, 2.75) is 38.6 Å². The van der Waals surface area contributed by atoms with Crippen LogP contribution in [0, 0.1) is 5.41 Å². The first-order chi connectivity index (χ1) is 13.0. The average molecular weight is 408 g/mol. The van der Waals surface area contributed by atoms with Gasteiger partial charge in [-0.05, 0) is 35.7 Å². The van der Waals surface area contributed by atoms with Crippen molar-refractivity contribution in [2.24, 2.45) is 5.41 Å². The minimum absolute atomic E-state index is 0.00957. The van der Waals surface area contributed by atoms with Crippen LogP contribution in [0.4, 0.5) is 5.69 Å². The quantitative estimate of drug-likeness (QED) is 0.649. The van der Waals surface area contributed by atoms with Crippen molar-refractivity contribution < 1.29 is 27.2 Å². The number of ether oxygens (including phenoxy) is 1. The van der Waals surface area contributed by atoms with Gasteiger partial charge in [0, 0.05) is 5.69 Å². The van der Waals surface area contributed by atoms with Crippen molar-refractivity contribution in [3.05, 3.63) is 48.4 Å². The number of furan rings is 1. The van der Waals surface area contributed by atoms with E-state index < -0.39 is 28.5 Å². The molecule has 0 saturated heterocycles. The largest absolute Gasteiger partial charge is 0.468 e. The molecule has 0 aliphatic heterocycles. The number of rotatable bonds is 8. The summed E-state index contributed by atoms with van der Waals surface area (Å²) in [6.45, 7) is 5.23. The molecule has 0 spiro atoms. The van der Waals surface area contributed by atoms with Crippen LogP contribution in [0.15, 0.2) is 52.0 Å². The van der Waals surface area contributed by atoms with Crippen LogP contribution in [0.3, 0.4) is 0 Å². The average Bonchev–Trinajstić information content (AvgIpc) is 3.11. The van der Waals surface area contributed by atoms with Gasteiger partial charge in [-0.25, -0.2) is 13.1 Å². The van der Waals surface area contributed by atoms with E-state index in [1.807, 2.05) is 20.8 Å². The Morgan fingerprint density at radius 3 is 2.54 bits per heavy atom. The maximum absolute atomic E-state index is 12.4. The molecule has 0 bridgehead atoms. The third kappa shape index (κ3) is 7.16. The molecule has 0 unspecified atom stereocenters. The minimum Gasteiger partial charge on any atom is -0.468 e. The van der Waals surface area contributed by atoms with Crippen molar-refractivity contribution in [1.29, 1.82) is 0 Å². The molecule has 9 heteroatoms. The Morgan fingerprint density at radius 2 is 1.89 bits per heavy atom. The Bertz CT molecular complexity index is 914. The van der Waals surface area contributed by atoms with Gasteiger partial charge >= 0.3 is 5.97 Å². The lowest BCUT2D eigenvalue weighted by atomic mass is 9.92. The smallest absolute Gasteiger partial charge is 0.306 e. The van der Waals surface area contributed by atoms with Crippen molar-refractivity contribution in [2.75, 3.05) is 11.9 Å². The lowest BCUT2D eigenvalue weighted by Crippen LogP contribution is -2.24. The first-order valence-electron chi connectivity index (χ1n) is 8.63. The number of amides is 1. The van der Waals surface area contributed by atoms with Gasteiger partial charge < -0.3 is 14.5 Å². The van der Waals surface area contributed by atoms with Gasteiger partial charge in [-0.2, -0.15) is 0 Å². The molecule has 0 aliphatic rings. The fourth-order valence-electron chi connectivity index (χ4n) is 2.23. The number of hydrogen-bond acceptors (Lipinski definition) is 6. The summed E-state index contributed by atoms with van der Waals surface area (Å²) in [6, 6.07) is 9.08. The standard InChI is InChI=1S/C19H24N2O6S/c1-19(2,3)11-18(23)27-13-17(22)21-14-6-4-8-16(10-14)28(24,25)20-12-15-7-5-9-26-15/h4-10,20H,11-13H2,1-3H3,(H,21,22). The second-order valence-electron chi connectivity index (χ2n) is 7.38. The second-order valence-corrected chi connectivity index (χ2v) is 9.14. The van der Waals surface area contributed by atoms with Crippen molar-refractivity contribution >= 4 is 27.6 Å². The molecule has 8 nitrogen and oxygen atoms in total. The predicted octanol–water partition coefficient (Wildman–Crippen LogP) is 2.68. The van der Waals surface area contributed by atoms with E-state index >= 15 is 0 Å². The Balaban J connectivity index is 1.93. The van der Waals surface area contributed by atoms with Crippen LogP contribution in [0.1, 0.15) is 33.0 Å². The highest BCUT2D eigenvalue weighted by Crippen LogP contribution is 2.19. The highest BCUT2D eigenvalue weighted by molar-refractivity contribution is 7.89. The summed E-state index contributed by atoms with van der Waals surface area (Å²) in [6.07, 6.45) is 1.64. The van der Waals surface area contributed by atoms with Gasteiger partial charge in [0.25, 0.3) is 5.91 Å². The van der Waals surface area contributed by atoms with Crippen LogP contribution in [-0.4, -0.2) is 26.9 Å². The second kappa shape index (κ2) is 9.03. The van der Waals surface area contributed by atoms with Gasteiger partial charge in [-0.3, -0.25) is 9.59 Å². The lowest BCUT2D eigenvalue weighted by Gasteiger charge is -2.16. The Labute approximate surface area is 164 Å². The number of carbonyl (C=O) groups is 2. The van der Waals surface area contributed by atoms with Gasteiger partial charge in [0.2, 0.25) is 10.0 Å². The number of esters is 1. The fourth-order valence-corrected chi connectivity index (χ4v) is 3.27. The molecule has 2 N–H and O–H groups in total. The zero-order chi connectivity index (χ0) is 20.8. The molecule has 1 aromatic heterocycles. The molecule has 28 heavy (non-hydrogen) atoms. The molecule has 1 amide bonds. The number of hydrogen-bond donors (Lipinski definition) is 2. The van der Waals surface area contributed by atoms with E-state index in [0.29, 0.717) is 5.76 Å². The van der Waals surface area contributed by atoms with Gasteiger partial charge in [0.05, 0.1) is 24.1 Å². The van der Waals surface area contributed by atoms with Crippen molar-refractivity contribution in [3.63, 3.8) is 0 Å². The van der Waals surface area contributed by atoms with Crippen LogP contribution in [0.2, 0.25) is 0 Å². The Hall–Kier alpha value is -2.65. The van der Waals surface area contributed by atoms with E-state index in [1.165, 1.54) is 24.5 Å². The maximum atomic E-state index is 12.4. The monoisotopic (exact) mass is 408 g/mol. The van der Waals surface area contributed by atoms with Crippen LogP contribution < -0.4 is 10.0 Å². The topological polar surface area (TPSA) is 115 Å². The molecule has 152 valence electrons. The molecule has 0 aliphatic carbocycles. The van der Waals surface area contributed by atoms with Gasteiger partial charge in [-0.1, -0.05) is 26.8 Å². The first kappa shape index (κ1) is 21.6. The third-order valence-corrected chi connectivity index (χ3v) is 4.88. The van der Waals surface area contributed by atoms with E-state index in [1.54, 1.807) is 18.2 Å². The molecule has 0 atom stereocenters. The predicted molar refractivity (Wildman–Crippen MR) is 103 cm³/mol. The summed E-state index contributed by atoms with van der Waals surface area (Å²) in [5, 5.41) is 2.52. The SMILES string of the molecule is CC(C)(C)CC(=O)OCC(=O)Nc1cccc(S(=O)(=O)NCc2ccco2)c1. The summed E-state index contributed by atoms with van der Waals surface area (Å²) in [5.74, 6) is -0.549. The van der Waals surface area contributed by atoms with Crippen molar-refractivity contribution in [3.8, 4) is 0 Å². The van der Waals surface area contributed by atoms with Gasteiger partial charge in [0.1, 0.15) is 5.76 Å². The third-order valence-electron chi connectivity index (χ3n) is 3.48. The van der Waals surface area contributed by atoms with E-state index in [-0.39, 0.29) is 29.0 Å². The Morgan fingerprint density at radius 1 is 1.14 bits per heavy atom. The molecule has 2 aromatic rings. The van der Waals surface area contributed by atoms with Gasteiger partial charge in [0.15, 0.2) is 6.61 Å². The van der Waals surface area contributed by atoms with Crippen LogP contribution in [0.5, 0.6) is 0 Å². The van der Waals surface area contributed by atoms with E-state index in [0.717, 1.165) is 0 Å². The number of benzene rings is 1. The van der Waals surface area contributed by atoms with E-state index in [2.05, 4.69) is 10.0 Å². The summed E-state index contributed by atoms with van der Waals surface area (Å²) >= 11 is 0. The van der Waals surface area contributed by atoms with E-state index in [4.69, 9.17) is 9.15 Å².